The summed E-state index contributed by atoms with van der Waals surface area (Å²) in [5.74, 6) is -0.595. The number of nitrogens with one attached hydrogen (secondary N) is 1. The lowest BCUT2D eigenvalue weighted by Crippen LogP contribution is -2.46. The van der Waals surface area contributed by atoms with Crippen LogP contribution in [-0.4, -0.2) is 32.0 Å². The highest BCUT2D eigenvalue weighted by molar-refractivity contribution is 6.38. The van der Waals surface area contributed by atoms with Crippen molar-refractivity contribution < 1.29 is 9.47 Å². The number of nitrogens with two attached hydrogens (primary N) is 1. The standard InChI is InChI=1S/C13H19Cl2N3O2/c1-4-20-13(2,19-3)8-17-12(16)18-11-9(14)6-5-7-10(11)15/h5-7H,4,8H2,1-3H3,(H3,16,17,18). The summed E-state index contributed by atoms with van der Waals surface area (Å²) >= 11 is 12.0. The smallest absolute Gasteiger partial charge is 0.194 e. The minimum atomic E-state index is -0.779. The van der Waals surface area contributed by atoms with E-state index in [9.17, 15) is 0 Å². The maximum Gasteiger partial charge on any atom is 0.194 e. The Morgan fingerprint density at radius 2 is 2.00 bits per heavy atom. The van der Waals surface area contributed by atoms with Gasteiger partial charge >= 0.3 is 0 Å². The summed E-state index contributed by atoms with van der Waals surface area (Å²) in [7, 11) is 1.57. The number of ether oxygens (including phenoxy) is 2. The lowest BCUT2D eigenvalue weighted by Gasteiger charge is -2.28. The highest BCUT2D eigenvalue weighted by atomic mass is 35.5. The second kappa shape index (κ2) is 7.69. The molecule has 1 aromatic rings. The minimum absolute atomic E-state index is 0.183. The highest BCUT2D eigenvalue weighted by Crippen LogP contribution is 2.32. The molecule has 0 spiro atoms. The topological polar surface area (TPSA) is 68.9 Å². The first-order chi connectivity index (χ1) is 9.41. The van der Waals surface area contributed by atoms with E-state index in [0.29, 0.717) is 28.9 Å². The molecule has 5 nitrogen and oxygen atoms in total. The lowest BCUT2D eigenvalue weighted by atomic mass is 10.3. The molecule has 0 heterocycles. The van der Waals surface area contributed by atoms with Crippen molar-refractivity contribution in [2.45, 2.75) is 19.6 Å². The van der Waals surface area contributed by atoms with Crippen LogP contribution in [-0.2, 0) is 9.47 Å². The van der Waals surface area contributed by atoms with Gasteiger partial charge in [-0.25, -0.2) is 4.99 Å². The summed E-state index contributed by atoms with van der Waals surface area (Å²) in [6, 6.07) is 5.13. The molecule has 1 rings (SSSR count). The first-order valence-electron chi connectivity index (χ1n) is 6.13. The molecule has 0 radical (unpaired) electrons. The average molecular weight is 320 g/mol. The zero-order valence-electron chi connectivity index (χ0n) is 11.7. The van der Waals surface area contributed by atoms with Crippen LogP contribution in [0.25, 0.3) is 0 Å². The molecule has 0 amide bonds. The summed E-state index contributed by atoms with van der Waals surface area (Å²) in [6.07, 6.45) is 0. The summed E-state index contributed by atoms with van der Waals surface area (Å²) < 4.78 is 10.8. The number of guanidine groups is 1. The second-order valence-electron chi connectivity index (χ2n) is 4.19. The van der Waals surface area contributed by atoms with Crippen LogP contribution in [0.4, 0.5) is 5.69 Å². The Morgan fingerprint density at radius 1 is 1.40 bits per heavy atom. The Morgan fingerprint density at radius 3 is 2.50 bits per heavy atom. The molecular formula is C13H19Cl2N3O2. The maximum absolute atomic E-state index is 6.02. The summed E-state index contributed by atoms with van der Waals surface area (Å²) in [5, 5.41) is 3.79. The van der Waals surface area contributed by atoms with Crippen LogP contribution in [0.15, 0.2) is 23.2 Å². The van der Waals surface area contributed by atoms with Crippen LogP contribution < -0.4 is 11.1 Å². The quantitative estimate of drug-likeness (QED) is 0.480. The van der Waals surface area contributed by atoms with Crippen molar-refractivity contribution in [3.05, 3.63) is 28.2 Å². The maximum atomic E-state index is 6.02. The Labute approximate surface area is 129 Å². The SMILES string of the molecule is CCOC(C)(CN/C(N)=N/c1c(Cl)cccc1Cl)OC. The molecule has 0 aromatic heterocycles. The largest absolute Gasteiger partial charge is 0.370 e. The molecule has 0 fully saturated rings. The summed E-state index contributed by atoms with van der Waals surface area (Å²) in [5.41, 5.74) is 6.24. The zero-order valence-corrected chi connectivity index (χ0v) is 13.3. The van der Waals surface area contributed by atoms with E-state index >= 15 is 0 Å². The summed E-state index contributed by atoms with van der Waals surface area (Å²) in [6.45, 7) is 4.56. The van der Waals surface area contributed by atoms with Gasteiger partial charge in [0.2, 0.25) is 0 Å². The number of rotatable bonds is 6. The third-order valence-electron chi connectivity index (χ3n) is 2.64. The van der Waals surface area contributed by atoms with Gasteiger partial charge in [0.15, 0.2) is 11.7 Å². The monoisotopic (exact) mass is 319 g/mol. The molecule has 0 aliphatic carbocycles. The van der Waals surface area contributed by atoms with E-state index in [-0.39, 0.29) is 5.96 Å². The van der Waals surface area contributed by atoms with E-state index < -0.39 is 5.79 Å². The van der Waals surface area contributed by atoms with E-state index in [4.69, 9.17) is 38.4 Å². The van der Waals surface area contributed by atoms with Gasteiger partial charge in [0, 0.05) is 13.7 Å². The fourth-order valence-electron chi connectivity index (χ4n) is 1.49. The predicted octanol–water partition coefficient (Wildman–Crippen LogP) is 2.93. The third kappa shape index (κ3) is 4.83. The first kappa shape index (κ1) is 17.0. The molecule has 7 heteroatoms. The van der Waals surface area contributed by atoms with E-state index in [1.165, 1.54) is 0 Å². The van der Waals surface area contributed by atoms with Gasteiger partial charge in [-0.2, -0.15) is 0 Å². The van der Waals surface area contributed by atoms with E-state index in [0.717, 1.165) is 0 Å². The van der Waals surface area contributed by atoms with Crippen LogP contribution in [0.3, 0.4) is 0 Å². The number of benzene rings is 1. The van der Waals surface area contributed by atoms with Gasteiger partial charge in [-0.3, -0.25) is 0 Å². The molecule has 3 N–H and O–H groups in total. The average Bonchev–Trinajstić information content (AvgIpc) is 2.41. The number of hydrogen-bond acceptors (Lipinski definition) is 3. The molecule has 0 aliphatic rings. The fraction of sp³-hybridized carbons (Fsp3) is 0.462. The lowest BCUT2D eigenvalue weighted by molar-refractivity contribution is -0.201. The van der Waals surface area contributed by atoms with Crippen molar-refractivity contribution >= 4 is 34.8 Å². The molecule has 0 aliphatic heterocycles. The number of methoxy groups -OCH3 is 1. The summed E-state index contributed by atoms with van der Waals surface area (Å²) in [4.78, 5) is 4.16. The highest BCUT2D eigenvalue weighted by Gasteiger charge is 2.23. The van der Waals surface area contributed by atoms with Crippen LogP contribution in [0, 0.1) is 0 Å². The Kier molecular flexibility index (Phi) is 6.55. The Bertz CT molecular complexity index is 462. The molecule has 1 unspecified atom stereocenters. The second-order valence-corrected chi connectivity index (χ2v) is 5.01. The van der Waals surface area contributed by atoms with Crippen LogP contribution >= 0.6 is 23.2 Å². The normalized spacial score (nSPS) is 14.9. The van der Waals surface area contributed by atoms with E-state index in [2.05, 4.69) is 10.3 Å². The molecule has 0 saturated carbocycles. The molecule has 112 valence electrons. The van der Waals surface area contributed by atoms with Crippen molar-refractivity contribution in [1.82, 2.24) is 5.32 Å². The van der Waals surface area contributed by atoms with Crippen molar-refractivity contribution in [2.24, 2.45) is 10.7 Å². The van der Waals surface area contributed by atoms with Crippen LogP contribution in [0.1, 0.15) is 13.8 Å². The van der Waals surface area contributed by atoms with E-state index in [1.807, 2.05) is 6.92 Å². The molecule has 0 bridgehead atoms. The number of aliphatic imine (C=N–C) groups is 1. The van der Waals surface area contributed by atoms with Gasteiger partial charge in [-0.05, 0) is 26.0 Å². The van der Waals surface area contributed by atoms with Gasteiger partial charge in [-0.1, -0.05) is 29.3 Å². The van der Waals surface area contributed by atoms with Crippen LogP contribution in [0.5, 0.6) is 0 Å². The number of halogens is 2. The van der Waals surface area contributed by atoms with Gasteiger partial charge in [0.1, 0.15) is 5.69 Å². The number of hydrogen-bond donors (Lipinski definition) is 2. The van der Waals surface area contributed by atoms with Crippen molar-refractivity contribution in [1.29, 1.82) is 0 Å². The van der Waals surface area contributed by atoms with E-state index in [1.54, 1.807) is 32.2 Å². The number of para-hydroxylation sites is 1. The molecule has 0 saturated heterocycles. The molecule has 20 heavy (non-hydrogen) atoms. The molecule has 1 aromatic carbocycles. The molecule has 1 atom stereocenters. The van der Waals surface area contributed by atoms with Crippen molar-refractivity contribution in [2.75, 3.05) is 20.3 Å². The van der Waals surface area contributed by atoms with Gasteiger partial charge < -0.3 is 20.5 Å². The Balaban J connectivity index is 2.76. The van der Waals surface area contributed by atoms with Crippen molar-refractivity contribution in [3.8, 4) is 0 Å². The van der Waals surface area contributed by atoms with Gasteiger partial charge in [0.25, 0.3) is 0 Å². The van der Waals surface area contributed by atoms with Gasteiger partial charge in [-0.15, -0.1) is 0 Å². The fourth-order valence-corrected chi connectivity index (χ4v) is 1.98. The number of nitrogens with zero attached hydrogens (tertiary/aromatic N) is 1. The first-order valence-corrected chi connectivity index (χ1v) is 6.88. The minimum Gasteiger partial charge on any atom is -0.370 e. The third-order valence-corrected chi connectivity index (χ3v) is 3.25. The predicted molar refractivity (Wildman–Crippen MR) is 82.8 cm³/mol. The van der Waals surface area contributed by atoms with Gasteiger partial charge in [0.05, 0.1) is 16.6 Å². The Hall–Kier alpha value is -1.01. The molecular weight excluding hydrogens is 301 g/mol. The van der Waals surface area contributed by atoms with Crippen LogP contribution in [0.2, 0.25) is 10.0 Å². The zero-order chi connectivity index (χ0) is 15.2. The van der Waals surface area contributed by atoms with Crippen molar-refractivity contribution in [3.63, 3.8) is 0 Å².